The van der Waals surface area contributed by atoms with E-state index in [1.807, 2.05) is 6.07 Å². The number of hydrogen-bond donors (Lipinski definition) is 0. The van der Waals surface area contributed by atoms with E-state index in [-0.39, 0.29) is 5.82 Å². The molecule has 0 N–H and O–H groups in total. The Hall–Kier alpha value is -0.530. The summed E-state index contributed by atoms with van der Waals surface area (Å²) in [6.07, 6.45) is 1.79. The van der Waals surface area contributed by atoms with Crippen molar-refractivity contribution in [2.24, 2.45) is 0 Å². The van der Waals surface area contributed by atoms with Crippen molar-refractivity contribution in [3.63, 3.8) is 0 Å². The van der Waals surface area contributed by atoms with Gasteiger partial charge in [-0.25, -0.2) is 4.39 Å². The van der Waals surface area contributed by atoms with Crippen molar-refractivity contribution in [1.29, 1.82) is 5.26 Å². The molecule has 0 atom stereocenters. The van der Waals surface area contributed by atoms with Crippen LogP contribution in [0, 0.1) is 17.1 Å². The van der Waals surface area contributed by atoms with Gasteiger partial charge in [0.05, 0.1) is 16.5 Å². The number of benzene rings is 1. The first-order valence-corrected chi connectivity index (χ1v) is 5.14. The van der Waals surface area contributed by atoms with Crippen LogP contribution in [0.15, 0.2) is 21.5 Å². The normalized spacial score (nSPS) is 9.50. The summed E-state index contributed by atoms with van der Waals surface area (Å²) in [7, 11) is 0. The Labute approximate surface area is 82.7 Å². The third-order valence-electron chi connectivity index (χ3n) is 1.33. The highest BCUT2D eigenvalue weighted by Crippen LogP contribution is 2.29. The molecule has 1 nitrogen and oxygen atoms in total. The van der Waals surface area contributed by atoms with Crippen molar-refractivity contribution in [1.82, 2.24) is 0 Å². The molecule has 0 heterocycles. The fraction of sp³-hybridized carbons (Fsp3) is 0.125. The summed E-state index contributed by atoms with van der Waals surface area (Å²) in [5, 5.41) is 8.51. The Morgan fingerprint density at radius 1 is 1.58 bits per heavy atom. The van der Waals surface area contributed by atoms with Crippen molar-refractivity contribution in [3.05, 3.63) is 28.0 Å². The van der Waals surface area contributed by atoms with Gasteiger partial charge in [0.1, 0.15) is 5.82 Å². The predicted molar refractivity (Wildman–Crippen MR) is 50.6 cm³/mol. The van der Waals surface area contributed by atoms with E-state index in [0.717, 1.165) is 0 Å². The first kappa shape index (κ1) is 9.56. The maximum absolute atomic E-state index is 13.1. The highest BCUT2D eigenvalue weighted by molar-refractivity contribution is 9.10. The molecular formula is C8H5BrFNS. The second-order valence-electron chi connectivity index (χ2n) is 2.08. The SMILES string of the molecule is CSc1c(F)cc(C#N)cc1Br. The van der Waals surface area contributed by atoms with Gasteiger partial charge in [-0.2, -0.15) is 5.26 Å². The van der Waals surface area contributed by atoms with Crippen LogP contribution in [-0.2, 0) is 0 Å². The summed E-state index contributed by atoms with van der Waals surface area (Å²) in [5.41, 5.74) is 0.331. The van der Waals surface area contributed by atoms with E-state index in [4.69, 9.17) is 5.26 Å². The molecule has 1 aromatic carbocycles. The molecular weight excluding hydrogens is 241 g/mol. The van der Waals surface area contributed by atoms with Crippen LogP contribution in [0.25, 0.3) is 0 Å². The minimum absolute atomic E-state index is 0.331. The number of nitriles is 1. The summed E-state index contributed by atoms with van der Waals surface area (Å²) in [4.78, 5) is 0.536. The molecule has 0 bridgehead atoms. The molecule has 0 saturated heterocycles. The van der Waals surface area contributed by atoms with Crippen molar-refractivity contribution < 1.29 is 4.39 Å². The van der Waals surface area contributed by atoms with E-state index in [1.54, 1.807) is 12.3 Å². The van der Waals surface area contributed by atoms with Gasteiger partial charge in [0.25, 0.3) is 0 Å². The molecule has 0 saturated carbocycles. The van der Waals surface area contributed by atoms with E-state index in [2.05, 4.69) is 15.9 Å². The topological polar surface area (TPSA) is 23.8 Å². The molecule has 0 aliphatic heterocycles. The molecule has 0 aliphatic rings. The van der Waals surface area contributed by atoms with Gasteiger partial charge in [0, 0.05) is 4.47 Å². The number of rotatable bonds is 1. The number of halogens is 2. The minimum Gasteiger partial charge on any atom is -0.206 e. The first-order chi connectivity index (χ1) is 5.69. The molecule has 0 radical (unpaired) electrons. The number of nitrogens with zero attached hydrogens (tertiary/aromatic N) is 1. The Bertz CT molecular complexity index is 322. The Kier molecular flexibility index (Phi) is 3.12. The number of hydrogen-bond acceptors (Lipinski definition) is 2. The van der Waals surface area contributed by atoms with Crippen molar-refractivity contribution in [2.45, 2.75) is 4.90 Å². The zero-order chi connectivity index (χ0) is 9.14. The summed E-state index contributed by atoms with van der Waals surface area (Å²) in [6, 6.07) is 4.72. The molecule has 0 amide bonds. The lowest BCUT2D eigenvalue weighted by molar-refractivity contribution is 0.600. The molecule has 0 aliphatic carbocycles. The highest BCUT2D eigenvalue weighted by Gasteiger charge is 2.07. The van der Waals surface area contributed by atoms with E-state index in [0.29, 0.717) is 14.9 Å². The summed E-state index contributed by atoms with van der Waals surface area (Å²) in [5.74, 6) is -0.353. The Balaban J connectivity index is 3.30. The average molecular weight is 246 g/mol. The lowest BCUT2D eigenvalue weighted by Gasteiger charge is -2.01. The molecule has 4 heteroatoms. The van der Waals surface area contributed by atoms with Crippen molar-refractivity contribution >= 4 is 27.7 Å². The van der Waals surface area contributed by atoms with Crippen LogP contribution in [0.3, 0.4) is 0 Å². The van der Waals surface area contributed by atoms with Gasteiger partial charge in [-0.15, -0.1) is 11.8 Å². The Morgan fingerprint density at radius 2 is 2.25 bits per heavy atom. The summed E-state index contributed by atoms with van der Waals surface area (Å²) in [6.45, 7) is 0. The second-order valence-corrected chi connectivity index (χ2v) is 3.76. The van der Waals surface area contributed by atoms with Crippen LogP contribution in [0.1, 0.15) is 5.56 Å². The quantitative estimate of drug-likeness (QED) is 0.710. The van der Waals surface area contributed by atoms with Crippen LogP contribution in [0.5, 0.6) is 0 Å². The molecule has 0 aromatic heterocycles. The van der Waals surface area contributed by atoms with E-state index < -0.39 is 0 Å². The average Bonchev–Trinajstić information content (AvgIpc) is 2.03. The van der Waals surface area contributed by atoms with Crippen molar-refractivity contribution in [2.75, 3.05) is 6.26 Å². The van der Waals surface area contributed by atoms with Crippen molar-refractivity contribution in [3.8, 4) is 6.07 Å². The smallest absolute Gasteiger partial charge is 0.139 e. The zero-order valence-electron chi connectivity index (χ0n) is 6.27. The molecule has 1 rings (SSSR count). The molecule has 0 unspecified atom stereocenters. The number of thioether (sulfide) groups is 1. The lowest BCUT2D eigenvalue weighted by atomic mass is 10.2. The second kappa shape index (κ2) is 3.92. The van der Waals surface area contributed by atoms with Gasteiger partial charge >= 0.3 is 0 Å². The fourth-order valence-electron chi connectivity index (χ4n) is 0.819. The first-order valence-electron chi connectivity index (χ1n) is 3.12. The van der Waals surface area contributed by atoms with Crippen LogP contribution in [0.2, 0.25) is 0 Å². The van der Waals surface area contributed by atoms with E-state index >= 15 is 0 Å². The predicted octanol–water partition coefficient (Wildman–Crippen LogP) is 3.18. The van der Waals surface area contributed by atoms with Crippen LogP contribution in [0.4, 0.5) is 4.39 Å². The van der Waals surface area contributed by atoms with Gasteiger partial charge in [-0.1, -0.05) is 0 Å². The Morgan fingerprint density at radius 3 is 2.67 bits per heavy atom. The molecule has 0 fully saturated rings. The standard InChI is InChI=1S/C8H5BrFNS/c1-12-8-6(9)2-5(4-11)3-7(8)10/h2-3H,1H3. The van der Waals surface area contributed by atoms with Gasteiger partial charge in [-0.05, 0) is 34.3 Å². The van der Waals surface area contributed by atoms with Crippen LogP contribution in [-0.4, -0.2) is 6.26 Å². The third kappa shape index (κ3) is 1.79. The monoisotopic (exact) mass is 245 g/mol. The molecule has 1 aromatic rings. The lowest BCUT2D eigenvalue weighted by Crippen LogP contribution is -1.85. The molecule has 62 valence electrons. The highest BCUT2D eigenvalue weighted by atomic mass is 79.9. The van der Waals surface area contributed by atoms with Gasteiger partial charge < -0.3 is 0 Å². The van der Waals surface area contributed by atoms with Gasteiger partial charge in [0.2, 0.25) is 0 Å². The van der Waals surface area contributed by atoms with Crippen LogP contribution >= 0.6 is 27.7 Å². The summed E-state index contributed by atoms with van der Waals surface area (Å²) < 4.78 is 13.7. The maximum Gasteiger partial charge on any atom is 0.139 e. The fourth-order valence-corrected chi connectivity index (χ4v) is 2.25. The van der Waals surface area contributed by atoms with Crippen LogP contribution < -0.4 is 0 Å². The molecule has 0 spiro atoms. The maximum atomic E-state index is 13.1. The zero-order valence-corrected chi connectivity index (χ0v) is 8.67. The third-order valence-corrected chi connectivity index (χ3v) is 3.04. The largest absolute Gasteiger partial charge is 0.206 e. The van der Waals surface area contributed by atoms with Gasteiger partial charge in [-0.3, -0.25) is 0 Å². The van der Waals surface area contributed by atoms with Gasteiger partial charge in [0.15, 0.2) is 0 Å². The minimum atomic E-state index is -0.353. The summed E-state index contributed by atoms with van der Waals surface area (Å²) >= 11 is 4.50. The van der Waals surface area contributed by atoms with E-state index in [1.165, 1.54) is 17.8 Å². The molecule has 12 heavy (non-hydrogen) atoms. The van der Waals surface area contributed by atoms with E-state index in [9.17, 15) is 4.39 Å².